The van der Waals surface area contributed by atoms with E-state index in [1.165, 1.54) is 12.1 Å². The van der Waals surface area contributed by atoms with Gasteiger partial charge in [0.15, 0.2) is 0 Å². The van der Waals surface area contributed by atoms with Gasteiger partial charge in [-0.1, -0.05) is 11.8 Å². The highest BCUT2D eigenvalue weighted by atomic mass is 32.2. The Morgan fingerprint density at radius 3 is 2.36 bits per heavy atom. The molecule has 1 saturated carbocycles. The zero-order valence-corrected chi connectivity index (χ0v) is 25.8. The molecule has 3 N–H and O–H groups in total. The fourth-order valence-corrected chi connectivity index (χ4v) is 5.45. The van der Waals surface area contributed by atoms with Crippen molar-refractivity contribution in [3.05, 3.63) is 29.6 Å². The number of amides is 2. The van der Waals surface area contributed by atoms with E-state index in [9.17, 15) is 19.2 Å². The number of carbonyl (C=O) groups is 4. The van der Waals surface area contributed by atoms with E-state index in [1.54, 1.807) is 48.5 Å². The molecule has 0 bridgehead atoms. The maximum absolute atomic E-state index is 15.7. The quantitative estimate of drug-likeness (QED) is 0.143. The summed E-state index contributed by atoms with van der Waals surface area (Å²) in [4.78, 5) is 51.3. The highest BCUT2D eigenvalue weighted by molar-refractivity contribution is 8.16. The first kappa shape index (κ1) is 33.1. The van der Waals surface area contributed by atoms with Gasteiger partial charge in [0, 0.05) is 5.56 Å². The SMILES string of the molecule is CCOC(=O)C1(S/C(=N/NC(=O)OC(C)(C)C)c2ccc(N3CC([C@H](N)C(=O)OC(C)(C)C)OC3=O)cc2F)CCC1. The van der Waals surface area contributed by atoms with Gasteiger partial charge in [-0.2, -0.15) is 5.10 Å². The van der Waals surface area contributed by atoms with Crippen LogP contribution in [-0.2, 0) is 28.5 Å². The first-order valence-corrected chi connectivity index (χ1v) is 14.5. The third-order valence-electron chi connectivity index (χ3n) is 6.16. The standard InChI is InChI=1S/C28H39FN4O8S/c1-8-38-23(35)28(12-9-13-28)42-21(31-32-24(36)41-27(5,6)7)17-11-10-16(14-18(17)29)33-15-19(39-25(33)37)20(30)22(34)40-26(2,3)4/h10-11,14,19-20H,8-9,12-13,15,30H2,1-7H3,(H,32,36)/b31-21+/t19?,20-/m0/s1. The zero-order chi connectivity index (χ0) is 31.5. The molecule has 12 nitrogen and oxygen atoms in total. The van der Waals surface area contributed by atoms with E-state index < -0.39 is 58.0 Å². The van der Waals surface area contributed by atoms with Crippen molar-refractivity contribution in [1.82, 2.24) is 5.43 Å². The number of halogens is 1. The summed E-state index contributed by atoms with van der Waals surface area (Å²) in [6.07, 6.45) is -0.936. The topological polar surface area (TPSA) is 159 Å². The van der Waals surface area contributed by atoms with Crippen molar-refractivity contribution in [3.8, 4) is 0 Å². The lowest BCUT2D eigenvalue weighted by molar-refractivity contribution is -0.158. The van der Waals surface area contributed by atoms with Gasteiger partial charge < -0.3 is 24.7 Å². The van der Waals surface area contributed by atoms with Crippen molar-refractivity contribution in [2.75, 3.05) is 18.1 Å². The molecule has 1 aliphatic carbocycles. The second kappa shape index (κ2) is 12.9. The number of esters is 2. The molecule has 1 aromatic rings. The Labute approximate surface area is 248 Å². The molecule has 1 unspecified atom stereocenters. The molecule has 42 heavy (non-hydrogen) atoms. The number of rotatable bonds is 8. The molecule has 1 aromatic carbocycles. The van der Waals surface area contributed by atoms with Gasteiger partial charge in [0.2, 0.25) is 0 Å². The van der Waals surface area contributed by atoms with Gasteiger partial charge in [0.1, 0.15) is 39.0 Å². The van der Waals surface area contributed by atoms with Crippen LogP contribution in [0.25, 0.3) is 0 Å². The van der Waals surface area contributed by atoms with Crippen LogP contribution in [0.2, 0.25) is 0 Å². The number of hydrogen-bond acceptors (Lipinski definition) is 11. The summed E-state index contributed by atoms with van der Waals surface area (Å²) < 4.78 is 35.7. The van der Waals surface area contributed by atoms with Crippen LogP contribution in [-0.4, -0.2) is 70.4 Å². The third kappa shape index (κ3) is 8.34. The predicted molar refractivity (Wildman–Crippen MR) is 155 cm³/mol. The second-order valence-corrected chi connectivity index (χ2v) is 13.3. The molecule has 0 radical (unpaired) electrons. The molecule has 0 aromatic heterocycles. The molecule has 2 aliphatic rings. The first-order chi connectivity index (χ1) is 19.4. The van der Waals surface area contributed by atoms with E-state index >= 15 is 4.39 Å². The summed E-state index contributed by atoms with van der Waals surface area (Å²) in [5.74, 6) is -1.96. The Bertz CT molecular complexity index is 1240. The van der Waals surface area contributed by atoms with Crippen LogP contribution in [0.4, 0.5) is 19.7 Å². The molecule has 14 heteroatoms. The van der Waals surface area contributed by atoms with Crippen LogP contribution < -0.4 is 16.1 Å². The van der Waals surface area contributed by atoms with Gasteiger partial charge in [0.05, 0.1) is 18.8 Å². The molecule has 2 atom stereocenters. The van der Waals surface area contributed by atoms with Gasteiger partial charge in [-0.25, -0.2) is 19.4 Å². The number of nitrogens with two attached hydrogens (primary N) is 1. The Morgan fingerprint density at radius 1 is 1.19 bits per heavy atom. The predicted octanol–water partition coefficient (Wildman–Crippen LogP) is 4.23. The minimum atomic E-state index is -1.24. The molecular weight excluding hydrogens is 571 g/mol. The maximum atomic E-state index is 15.7. The van der Waals surface area contributed by atoms with Crippen molar-refractivity contribution >= 4 is 46.6 Å². The molecule has 1 heterocycles. The number of ether oxygens (including phenoxy) is 4. The number of nitrogens with zero attached hydrogens (tertiary/aromatic N) is 2. The Morgan fingerprint density at radius 2 is 1.83 bits per heavy atom. The molecule has 3 rings (SSSR count). The monoisotopic (exact) mass is 610 g/mol. The highest BCUT2D eigenvalue weighted by Crippen LogP contribution is 2.47. The number of benzene rings is 1. The second-order valence-electron chi connectivity index (χ2n) is 12.0. The fraction of sp³-hybridized carbons (Fsp3) is 0.607. The lowest BCUT2D eigenvalue weighted by Gasteiger charge is -2.38. The van der Waals surface area contributed by atoms with Crippen LogP contribution in [0.15, 0.2) is 23.3 Å². The van der Waals surface area contributed by atoms with E-state index in [2.05, 4.69) is 10.5 Å². The molecule has 2 fully saturated rings. The van der Waals surface area contributed by atoms with Crippen LogP contribution >= 0.6 is 11.8 Å². The van der Waals surface area contributed by atoms with Gasteiger partial charge >= 0.3 is 24.1 Å². The van der Waals surface area contributed by atoms with Crippen molar-refractivity contribution in [3.63, 3.8) is 0 Å². The maximum Gasteiger partial charge on any atom is 0.428 e. The zero-order valence-electron chi connectivity index (χ0n) is 24.9. The lowest BCUT2D eigenvalue weighted by atomic mass is 9.84. The number of cyclic esters (lactones) is 1. The smallest absolute Gasteiger partial charge is 0.428 e. The van der Waals surface area contributed by atoms with Gasteiger partial charge in [-0.3, -0.25) is 14.5 Å². The summed E-state index contributed by atoms with van der Waals surface area (Å²) in [7, 11) is 0. The summed E-state index contributed by atoms with van der Waals surface area (Å²) in [6, 6.07) is 2.69. The van der Waals surface area contributed by atoms with E-state index in [1.807, 2.05) is 0 Å². The summed E-state index contributed by atoms with van der Waals surface area (Å²) in [5.41, 5.74) is 6.81. The van der Waals surface area contributed by atoms with Crippen molar-refractivity contribution < 1.29 is 42.5 Å². The number of anilines is 1. The molecular formula is C28H39FN4O8S. The van der Waals surface area contributed by atoms with Crippen LogP contribution in [0, 0.1) is 5.82 Å². The number of hydrogen-bond donors (Lipinski definition) is 2. The average molecular weight is 611 g/mol. The summed E-state index contributed by atoms with van der Waals surface area (Å²) in [5, 5.41) is 4.13. The minimum absolute atomic E-state index is 0.0199. The number of nitrogens with one attached hydrogen (secondary N) is 1. The fourth-order valence-electron chi connectivity index (χ4n) is 4.08. The van der Waals surface area contributed by atoms with E-state index in [0.717, 1.165) is 29.1 Å². The van der Waals surface area contributed by atoms with Gasteiger partial charge in [-0.05, 0) is 85.9 Å². The molecule has 1 aliphatic heterocycles. The van der Waals surface area contributed by atoms with Crippen molar-refractivity contribution in [1.29, 1.82) is 0 Å². The summed E-state index contributed by atoms with van der Waals surface area (Å²) in [6.45, 7) is 11.9. The average Bonchev–Trinajstić information content (AvgIpc) is 3.22. The van der Waals surface area contributed by atoms with Crippen molar-refractivity contribution in [2.24, 2.45) is 10.8 Å². The normalized spacial score (nSPS) is 19.4. The molecule has 0 spiro atoms. The van der Waals surface area contributed by atoms with E-state index in [-0.39, 0.29) is 29.4 Å². The lowest BCUT2D eigenvalue weighted by Crippen LogP contribution is -2.47. The number of hydrazone groups is 1. The van der Waals surface area contributed by atoms with Gasteiger partial charge in [-0.15, -0.1) is 0 Å². The van der Waals surface area contributed by atoms with Crippen LogP contribution in [0.1, 0.15) is 73.3 Å². The number of carbonyl (C=O) groups excluding carboxylic acids is 4. The van der Waals surface area contributed by atoms with E-state index in [4.69, 9.17) is 24.7 Å². The largest absolute Gasteiger partial charge is 0.465 e. The molecule has 2 amide bonds. The van der Waals surface area contributed by atoms with Crippen LogP contribution in [0.3, 0.4) is 0 Å². The molecule has 232 valence electrons. The Hall–Kier alpha value is -3.39. The van der Waals surface area contributed by atoms with Crippen LogP contribution in [0.5, 0.6) is 0 Å². The Kier molecular flexibility index (Phi) is 10.1. The summed E-state index contributed by atoms with van der Waals surface area (Å²) >= 11 is 0.997. The highest BCUT2D eigenvalue weighted by Gasteiger charge is 2.48. The first-order valence-electron chi connectivity index (χ1n) is 13.6. The van der Waals surface area contributed by atoms with Crippen molar-refractivity contribution in [2.45, 2.75) is 95.8 Å². The molecule has 1 saturated heterocycles. The number of thioether (sulfide) groups is 1. The third-order valence-corrected chi connectivity index (χ3v) is 7.63. The van der Waals surface area contributed by atoms with E-state index in [0.29, 0.717) is 12.8 Å². The Balaban J connectivity index is 1.86. The minimum Gasteiger partial charge on any atom is -0.465 e. The van der Waals surface area contributed by atoms with Gasteiger partial charge in [0.25, 0.3) is 0 Å².